The lowest BCUT2D eigenvalue weighted by atomic mass is 10.1. The number of aromatic nitrogens is 3. The van der Waals surface area contributed by atoms with Crippen molar-refractivity contribution in [3.05, 3.63) is 34.4 Å². The topological polar surface area (TPSA) is 42.7 Å². The molecule has 0 bridgehead atoms. The Bertz CT molecular complexity index is 576. The lowest BCUT2D eigenvalue weighted by molar-refractivity contribution is 0.344. The van der Waals surface area contributed by atoms with Crippen LogP contribution in [-0.4, -0.2) is 28.1 Å². The number of piperidine rings is 1. The van der Waals surface area contributed by atoms with E-state index < -0.39 is 0 Å². The van der Waals surface area contributed by atoms with Gasteiger partial charge in [-0.15, -0.1) is 5.10 Å². The number of halogens is 2. The van der Waals surface area contributed by atoms with Gasteiger partial charge in [0.05, 0.1) is 23.0 Å². The van der Waals surface area contributed by atoms with Crippen LogP contribution in [0.15, 0.2) is 24.4 Å². The fourth-order valence-electron chi connectivity index (χ4n) is 2.44. The van der Waals surface area contributed by atoms with Gasteiger partial charge in [-0.2, -0.15) is 0 Å². The minimum Gasteiger partial charge on any atom is -0.315 e. The zero-order chi connectivity index (χ0) is 13.2. The molecule has 4 nitrogen and oxygen atoms in total. The second-order valence-electron chi connectivity index (χ2n) is 4.69. The smallest absolute Gasteiger partial charge is 0.0904 e. The molecule has 0 radical (unpaired) electrons. The van der Waals surface area contributed by atoms with Crippen LogP contribution in [0, 0.1) is 0 Å². The van der Waals surface area contributed by atoms with Gasteiger partial charge >= 0.3 is 0 Å². The first-order chi connectivity index (χ1) is 9.25. The zero-order valence-electron chi connectivity index (χ0n) is 10.3. The summed E-state index contributed by atoms with van der Waals surface area (Å²) in [5.41, 5.74) is 1.80. The third-order valence-corrected chi connectivity index (χ3v) is 3.96. The molecule has 1 saturated heterocycles. The molecule has 0 spiro atoms. The number of hydrogen-bond donors (Lipinski definition) is 1. The maximum atomic E-state index is 6.26. The van der Waals surface area contributed by atoms with Crippen molar-refractivity contribution in [2.24, 2.45) is 0 Å². The largest absolute Gasteiger partial charge is 0.315 e. The number of hydrogen-bond acceptors (Lipinski definition) is 3. The summed E-state index contributed by atoms with van der Waals surface area (Å²) in [5, 5.41) is 12.9. The van der Waals surface area contributed by atoms with Crippen LogP contribution >= 0.6 is 23.2 Å². The van der Waals surface area contributed by atoms with Crippen molar-refractivity contribution in [2.45, 2.75) is 18.9 Å². The molecule has 0 amide bonds. The normalized spacial score (nSPS) is 19.6. The van der Waals surface area contributed by atoms with Crippen molar-refractivity contribution in [1.82, 2.24) is 20.3 Å². The van der Waals surface area contributed by atoms with E-state index >= 15 is 0 Å². The van der Waals surface area contributed by atoms with Gasteiger partial charge in [0, 0.05) is 17.1 Å². The molecule has 2 aromatic rings. The van der Waals surface area contributed by atoms with E-state index in [-0.39, 0.29) is 0 Å². The van der Waals surface area contributed by atoms with Gasteiger partial charge in [0.25, 0.3) is 0 Å². The number of benzene rings is 1. The Morgan fingerprint density at radius 2 is 2.21 bits per heavy atom. The molecule has 2 heterocycles. The van der Waals surface area contributed by atoms with Crippen molar-refractivity contribution in [2.75, 3.05) is 13.1 Å². The monoisotopic (exact) mass is 296 g/mol. The Kier molecular flexibility index (Phi) is 3.73. The number of rotatable bonds is 2. The van der Waals surface area contributed by atoms with Gasteiger partial charge in [0.2, 0.25) is 0 Å². The average Bonchev–Trinajstić information content (AvgIpc) is 2.91. The van der Waals surface area contributed by atoms with Crippen molar-refractivity contribution in [3.63, 3.8) is 0 Å². The highest BCUT2D eigenvalue weighted by Gasteiger charge is 2.20. The molecule has 1 aromatic heterocycles. The van der Waals surface area contributed by atoms with Crippen LogP contribution in [0.4, 0.5) is 0 Å². The Morgan fingerprint density at radius 3 is 3.00 bits per heavy atom. The summed E-state index contributed by atoms with van der Waals surface area (Å²) in [4.78, 5) is 0. The van der Waals surface area contributed by atoms with Gasteiger partial charge in [-0.1, -0.05) is 28.4 Å². The molecular weight excluding hydrogens is 283 g/mol. The van der Waals surface area contributed by atoms with E-state index in [1.54, 1.807) is 18.3 Å². The summed E-state index contributed by atoms with van der Waals surface area (Å²) in [6.07, 6.45) is 3.99. The zero-order valence-corrected chi connectivity index (χ0v) is 11.8. The molecule has 6 heteroatoms. The highest BCUT2D eigenvalue weighted by atomic mass is 35.5. The summed E-state index contributed by atoms with van der Waals surface area (Å²) in [7, 11) is 0. The summed E-state index contributed by atoms with van der Waals surface area (Å²) in [5.74, 6) is 0. The van der Waals surface area contributed by atoms with Gasteiger partial charge in [0.1, 0.15) is 0 Å². The van der Waals surface area contributed by atoms with Gasteiger partial charge in [-0.3, -0.25) is 0 Å². The highest BCUT2D eigenvalue weighted by molar-refractivity contribution is 6.35. The molecule has 0 aliphatic carbocycles. The maximum absolute atomic E-state index is 6.26. The van der Waals surface area contributed by atoms with E-state index in [0.29, 0.717) is 16.1 Å². The average molecular weight is 297 g/mol. The second kappa shape index (κ2) is 5.49. The summed E-state index contributed by atoms with van der Waals surface area (Å²) in [6, 6.07) is 5.76. The van der Waals surface area contributed by atoms with Crippen molar-refractivity contribution >= 4 is 23.2 Å². The van der Waals surface area contributed by atoms with E-state index in [1.807, 2.05) is 10.7 Å². The van der Waals surface area contributed by atoms with E-state index in [0.717, 1.165) is 37.2 Å². The SMILES string of the molecule is Clc1ccc(Cl)c(-c2cnnn2C2CCCNC2)c1. The number of nitrogens with one attached hydrogen (secondary N) is 1. The molecule has 1 unspecified atom stereocenters. The molecular formula is C13H14Cl2N4. The molecule has 3 rings (SSSR count). The predicted molar refractivity (Wildman–Crippen MR) is 76.6 cm³/mol. The molecule has 1 fully saturated rings. The van der Waals surface area contributed by atoms with E-state index in [2.05, 4.69) is 15.6 Å². The molecule has 100 valence electrons. The fourth-order valence-corrected chi connectivity index (χ4v) is 2.83. The van der Waals surface area contributed by atoms with Crippen LogP contribution < -0.4 is 5.32 Å². The predicted octanol–water partition coefficient (Wildman–Crippen LogP) is 3.18. The van der Waals surface area contributed by atoms with Crippen molar-refractivity contribution in [3.8, 4) is 11.3 Å². The van der Waals surface area contributed by atoms with Gasteiger partial charge in [0.15, 0.2) is 0 Å². The van der Waals surface area contributed by atoms with Crippen molar-refractivity contribution < 1.29 is 0 Å². The Morgan fingerprint density at radius 1 is 1.32 bits per heavy atom. The first-order valence-electron chi connectivity index (χ1n) is 6.32. The molecule has 1 aromatic carbocycles. The minimum atomic E-state index is 0.321. The van der Waals surface area contributed by atoms with E-state index in [1.165, 1.54) is 0 Å². The second-order valence-corrected chi connectivity index (χ2v) is 5.53. The Balaban J connectivity index is 2.01. The Hall–Kier alpha value is -1.10. The molecule has 1 aliphatic rings. The van der Waals surface area contributed by atoms with Gasteiger partial charge < -0.3 is 5.32 Å². The Labute approximate surface area is 121 Å². The first kappa shape index (κ1) is 12.9. The van der Waals surface area contributed by atoms with Crippen molar-refractivity contribution in [1.29, 1.82) is 0 Å². The molecule has 1 aliphatic heterocycles. The van der Waals surface area contributed by atoms with Crippen LogP contribution in [0.25, 0.3) is 11.3 Å². The third-order valence-electron chi connectivity index (χ3n) is 3.40. The molecule has 1 N–H and O–H groups in total. The van der Waals surface area contributed by atoms with Crippen LogP contribution in [0.3, 0.4) is 0 Å². The van der Waals surface area contributed by atoms with E-state index in [4.69, 9.17) is 23.2 Å². The standard InChI is InChI=1S/C13H14Cl2N4/c14-9-3-4-12(15)11(6-9)13-8-17-18-19(13)10-2-1-5-16-7-10/h3-4,6,8,10,16H,1-2,5,7H2. The summed E-state index contributed by atoms with van der Waals surface area (Å²) >= 11 is 12.3. The summed E-state index contributed by atoms with van der Waals surface area (Å²) in [6.45, 7) is 1.98. The lowest BCUT2D eigenvalue weighted by Crippen LogP contribution is -2.32. The lowest BCUT2D eigenvalue weighted by Gasteiger charge is -2.24. The quantitative estimate of drug-likeness (QED) is 0.925. The summed E-state index contributed by atoms with van der Waals surface area (Å²) < 4.78 is 1.95. The minimum absolute atomic E-state index is 0.321. The van der Waals surface area contributed by atoms with Crippen LogP contribution in [0.5, 0.6) is 0 Å². The van der Waals surface area contributed by atoms with Crippen LogP contribution in [0.1, 0.15) is 18.9 Å². The van der Waals surface area contributed by atoms with Crippen LogP contribution in [-0.2, 0) is 0 Å². The maximum Gasteiger partial charge on any atom is 0.0904 e. The molecule has 19 heavy (non-hydrogen) atoms. The van der Waals surface area contributed by atoms with Gasteiger partial charge in [-0.05, 0) is 37.6 Å². The molecule has 0 saturated carbocycles. The van der Waals surface area contributed by atoms with E-state index in [9.17, 15) is 0 Å². The third kappa shape index (κ3) is 2.61. The fraction of sp³-hybridized carbons (Fsp3) is 0.385. The highest BCUT2D eigenvalue weighted by Crippen LogP contribution is 2.32. The molecule has 1 atom stereocenters. The number of nitrogens with zero attached hydrogens (tertiary/aromatic N) is 3. The van der Waals surface area contributed by atoms with Crippen LogP contribution in [0.2, 0.25) is 10.0 Å². The first-order valence-corrected chi connectivity index (χ1v) is 7.07. The van der Waals surface area contributed by atoms with Gasteiger partial charge in [-0.25, -0.2) is 4.68 Å².